The van der Waals surface area contributed by atoms with E-state index in [0.717, 1.165) is 16.7 Å². The molecule has 1 saturated heterocycles. The van der Waals surface area contributed by atoms with Gasteiger partial charge in [0.25, 0.3) is 5.91 Å². The van der Waals surface area contributed by atoms with Gasteiger partial charge in [0.1, 0.15) is 11.5 Å². The molecule has 3 rings (SSSR count). The number of phenolic OH excluding ortho intramolecular Hbond substituents is 1. The van der Waals surface area contributed by atoms with Crippen LogP contribution < -0.4 is 9.64 Å². The third kappa shape index (κ3) is 4.65. The van der Waals surface area contributed by atoms with E-state index in [4.69, 9.17) is 17.0 Å². The lowest BCUT2D eigenvalue weighted by Crippen LogP contribution is -2.27. The molecule has 31 heavy (non-hydrogen) atoms. The number of thiocarbonyl (C=S) groups is 1. The third-order valence-electron chi connectivity index (χ3n) is 5.17. The summed E-state index contributed by atoms with van der Waals surface area (Å²) in [5.41, 5.74) is 2.72. The summed E-state index contributed by atoms with van der Waals surface area (Å²) in [6.45, 7) is 12.4. The summed E-state index contributed by atoms with van der Waals surface area (Å²) in [6.07, 6.45) is 1.86. The van der Waals surface area contributed by atoms with E-state index in [9.17, 15) is 9.90 Å². The number of ether oxygens (including phenoxy) is 1. The summed E-state index contributed by atoms with van der Waals surface area (Å²) in [5.74, 6) is 0.732. The van der Waals surface area contributed by atoms with Crippen molar-refractivity contribution in [2.24, 2.45) is 0 Å². The van der Waals surface area contributed by atoms with Gasteiger partial charge in [-0.1, -0.05) is 77.7 Å². The number of aromatic hydroxyl groups is 1. The van der Waals surface area contributed by atoms with E-state index in [-0.39, 0.29) is 16.7 Å². The van der Waals surface area contributed by atoms with Crippen LogP contribution >= 0.6 is 24.0 Å². The molecular weight excluding hydrogens is 426 g/mol. The minimum absolute atomic E-state index is 0.179. The highest BCUT2D eigenvalue weighted by molar-refractivity contribution is 8.27. The number of thioether (sulfide) groups is 1. The van der Waals surface area contributed by atoms with Crippen molar-refractivity contribution in [2.75, 3.05) is 12.0 Å². The fraction of sp³-hybridized carbons (Fsp3) is 0.360. The maximum atomic E-state index is 13.3. The van der Waals surface area contributed by atoms with Gasteiger partial charge >= 0.3 is 0 Å². The van der Waals surface area contributed by atoms with Gasteiger partial charge in [-0.05, 0) is 46.7 Å². The number of amides is 1. The summed E-state index contributed by atoms with van der Waals surface area (Å²) < 4.78 is 5.88. The molecule has 2 aromatic rings. The van der Waals surface area contributed by atoms with Crippen molar-refractivity contribution in [1.82, 2.24) is 0 Å². The Morgan fingerprint density at radius 2 is 1.58 bits per heavy atom. The molecule has 1 fully saturated rings. The van der Waals surface area contributed by atoms with Crippen molar-refractivity contribution in [3.05, 3.63) is 58.0 Å². The Hall–Kier alpha value is -2.31. The molecule has 2 aromatic carbocycles. The maximum absolute atomic E-state index is 13.3. The van der Waals surface area contributed by atoms with Crippen molar-refractivity contribution < 1.29 is 14.6 Å². The van der Waals surface area contributed by atoms with E-state index in [1.54, 1.807) is 7.11 Å². The van der Waals surface area contributed by atoms with E-state index < -0.39 is 0 Å². The monoisotopic (exact) mass is 455 g/mol. The van der Waals surface area contributed by atoms with Gasteiger partial charge in [0, 0.05) is 11.1 Å². The van der Waals surface area contributed by atoms with Crippen LogP contribution in [0.1, 0.15) is 58.2 Å². The molecular formula is C25H29NO3S2. The first-order chi connectivity index (χ1) is 14.3. The fourth-order valence-corrected chi connectivity index (χ4v) is 4.81. The number of carbonyl (C=O) groups is 1. The van der Waals surface area contributed by atoms with Gasteiger partial charge in [-0.25, -0.2) is 0 Å². The summed E-state index contributed by atoms with van der Waals surface area (Å²) >= 11 is 6.80. The lowest BCUT2D eigenvalue weighted by molar-refractivity contribution is -0.113. The number of methoxy groups -OCH3 is 1. The Morgan fingerprint density at radius 1 is 1.03 bits per heavy atom. The number of para-hydroxylation sites is 2. The Kier molecular flexibility index (Phi) is 6.27. The number of hydrogen-bond donors (Lipinski definition) is 1. The van der Waals surface area contributed by atoms with Crippen molar-refractivity contribution in [1.29, 1.82) is 0 Å². The minimum atomic E-state index is -0.246. The lowest BCUT2D eigenvalue weighted by Gasteiger charge is -2.28. The Balaban J connectivity index is 2.10. The fourth-order valence-electron chi connectivity index (χ4n) is 3.52. The van der Waals surface area contributed by atoms with E-state index in [0.29, 0.717) is 26.4 Å². The Labute approximate surface area is 194 Å². The second kappa shape index (κ2) is 8.32. The van der Waals surface area contributed by atoms with E-state index in [1.165, 1.54) is 16.7 Å². The molecule has 6 heteroatoms. The predicted octanol–water partition coefficient (Wildman–Crippen LogP) is 6.40. The van der Waals surface area contributed by atoms with Crippen molar-refractivity contribution in [2.45, 2.75) is 52.4 Å². The smallest absolute Gasteiger partial charge is 0.270 e. The van der Waals surface area contributed by atoms with Crippen LogP contribution in [0.15, 0.2) is 41.3 Å². The van der Waals surface area contributed by atoms with Crippen molar-refractivity contribution >= 4 is 46.0 Å². The molecule has 0 aromatic heterocycles. The van der Waals surface area contributed by atoms with Crippen LogP contribution in [0.25, 0.3) is 6.08 Å². The standard InChI is InChI=1S/C25H29NO3S2/c1-24(2,3)16-12-15(13-17(21(16)27)25(4,5)6)14-20-22(28)26(23(30)31-20)18-10-8-9-11-19(18)29-7/h8-14,27H,1-7H3/b20-14-. The van der Waals surface area contributed by atoms with Crippen LogP contribution in [0, 0.1) is 0 Å². The number of benzene rings is 2. The van der Waals surface area contributed by atoms with Crippen LogP contribution in [-0.2, 0) is 15.6 Å². The predicted molar refractivity (Wildman–Crippen MR) is 134 cm³/mol. The number of anilines is 1. The molecule has 0 spiro atoms. The summed E-state index contributed by atoms with van der Waals surface area (Å²) in [7, 11) is 1.57. The maximum Gasteiger partial charge on any atom is 0.270 e. The molecule has 0 aliphatic carbocycles. The molecule has 0 saturated carbocycles. The third-order valence-corrected chi connectivity index (χ3v) is 6.47. The zero-order valence-electron chi connectivity index (χ0n) is 19.1. The molecule has 4 nitrogen and oxygen atoms in total. The summed E-state index contributed by atoms with van der Waals surface area (Å²) in [5, 5.41) is 11.0. The highest BCUT2D eigenvalue weighted by Gasteiger charge is 2.35. The largest absolute Gasteiger partial charge is 0.507 e. The van der Waals surface area contributed by atoms with Crippen LogP contribution in [-0.4, -0.2) is 22.4 Å². The van der Waals surface area contributed by atoms with Gasteiger partial charge < -0.3 is 9.84 Å². The average molecular weight is 456 g/mol. The van der Waals surface area contributed by atoms with Crippen LogP contribution in [0.2, 0.25) is 0 Å². The van der Waals surface area contributed by atoms with Gasteiger partial charge in [-0.15, -0.1) is 0 Å². The van der Waals surface area contributed by atoms with E-state index >= 15 is 0 Å². The Morgan fingerprint density at radius 3 is 2.10 bits per heavy atom. The van der Waals surface area contributed by atoms with Gasteiger partial charge in [0.15, 0.2) is 4.32 Å². The first-order valence-corrected chi connectivity index (χ1v) is 11.4. The average Bonchev–Trinajstić information content (AvgIpc) is 2.94. The first kappa shape index (κ1) is 23.4. The van der Waals surface area contributed by atoms with Gasteiger partial charge in [0.2, 0.25) is 0 Å². The molecule has 164 valence electrons. The molecule has 1 N–H and O–H groups in total. The molecule has 1 heterocycles. The molecule has 1 aliphatic heterocycles. The normalized spacial score (nSPS) is 16.4. The molecule has 0 unspecified atom stereocenters. The molecule has 0 atom stereocenters. The van der Waals surface area contributed by atoms with Crippen LogP contribution in [0.5, 0.6) is 11.5 Å². The molecule has 0 radical (unpaired) electrons. The number of rotatable bonds is 3. The number of hydrogen-bond acceptors (Lipinski definition) is 5. The Bertz CT molecular complexity index is 1040. The number of carbonyl (C=O) groups excluding carboxylic acids is 1. The molecule has 1 aliphatic rings. The first-order valence-electron chi connectivity index (χ1n) is 10.1. The lowest BCUT2D eigenvalue weighted by atomic mass is 9.78. The van der Waals surface area contributed by atoms with Crippen molar-refractivity contribution in [3.63, 3.8) is 0 Å². The van der Waals surface area contributed by atoms with Gasteiger partial charge in [-0.2, -0.15) is 0 Å². The van der Waals surface area contributed by atoms with Gasteiger partial charge in [-0.3, -0.25) is 9.69 Å². The summed E-state index contributed by atoms with van der Waals surface area (Å²) in [6, 6.07) is 11.3. The summed E-state index contributed by atoms with van der Waals surface area (Å²) in [4.78, 5) is 15.3. The molecule has 1 amide bonds. The second-order valence-electron chi connectivity index (χ2n) is 9.65. The number of phenols is 1. The SMILES string of the molecule is COc1ccccc1N1C(=O)/C(=C/c2cc(C(C)(C)C)c(O)c(C(C)(C)C)c2)SC1=S. The van der Waals surface area contributed by atoms with E-state index in [2.05, 4.69) is 41.5 Å². The van der Waals surface area contributed by atoms with Crippen molar-refractivity contribution in [3.8, 4) is 11.5 Å². The van der Waals surface area contributed by atoms with E-state index in [1.807, 2.05) is 42.5 Å². The number of nitrogens with zero attached hydrogens (tertiary/aromatic N) is 1. The topological polar surface area (TPSA) is 49.8 Å². The second-order valence-corrected chi connectivity index (χ2v) is 11.3. The zero-order valence-corrected chi connectivity index (χ0v) is 20.7. The van der Waals surface area contributed by atoms with Crippen LogP contribution in [0.3, 0.4) is 0 Å². The molecule has 0 bridgehead atoms. The highest BCUT2D eigenvalue weighted by Crippen LogP contribution is 2.43. The quantitative estimate of drug-likeness (QED) is 0.429. The highest BCUT2D eigenvalue weighted by atomic mass is 32.2. The minimum Gasteiger partial charge on any atom is -0.507 e. The zero-order chi connectivity index (χ0) is 23.1. The van der Waals surface area contributed by atoms with Crippen LogP contribution in [0.4, 0.5) is 5.69 Å². The van der Waals surface area contributed by atoms with Gasteiger partial charge in [0.05, 0.1) is 17.7 Å².